The van der Waals surface area contributed by atoms with Crippen LogP contribution < -0.4 is 5.32 Å². The van der Waals surface area contributed by atoms with Gasteiger partial charge in [0.1, 0.15) is 11.3 Å². The predicted octanol–water partition coefficient (Wildman–Crippen LogP) is 2.45. The number of amides is 1. The fourth-order valence-electron chi connectivity index (χ4n) is 1.08. The topological polar surface area (TPSA) is 70.9 Å². The Bertz CT molecular complexity index is 393. The van der Waals surface area contributed by atoms with E-state index in [-0.39, 0.29) is 6.54 Å². The molecule has 0 aliphatic carbocycles. The van der Waals surface area contributed by atoms with Gasteiger partial charge in [0.25, 0.3) is 0 Å². The van der Waals surface area contributed by atoms with Crippen molar-refractivity contribution in [3.8, 4) is 0 Å². The third kappa shape index (κ3) is 4.86. The monoisotopic (exact) mass is 256 g/mol. The lowest BCUT2D eigenvalue weighted by atomic mass is 10.2. The first-order valence-electron chi connectivity index (χ1n) is 5.14. The van der Waals surface area contributed by atoms with Crippen LogP contribution in [0.1, 0.15) is 25.6 Å². The second kappa shape index (κ2) is 5.67. The minimum Gasteiger partial charge on any atom is -0.444 e. The lowest BCUT2D eigenvalue weighted by Gasteiger charge is -2.19. The average molecular weight is 256 g/mol. The SMILES string of the molecule is CC(C)(C)OC(=O)NCC(=NO)c1cccs1. The van der Waals surface area contributed by atoms with Crippen molar-refractivity contribution in [2.45, 2.75) is 26.4 Å². The smallest absolute Gasteiger partial charge is 0.407 e. The van der Waals surface area contributed by atoms with Crippen molar-refractivity contribution in [1.29, 1.82) is 0 Å². The van der Waals surface area contributed by atoms with Crippen LogP contribution >= 0.6 is 11.3 Å². The summed E-state index contributed by atoms with van der Waals surface area (Å²) >= 11 is 1.44. The highest BCUT2D eigenvalue weighted by Crippen LogP contribution is 2.10. The molecule has 0 aromatic carbocycles. The van der Waals surface area contributed by atoms with E-state index < -0.39 is 11.7 Å². The summed E-state index contributed by atoms with van der Waals surface area (Å²) in [5.74, 6) is 0. The van der Waals surface area contributed by atoms with E-state index in [1.165, 1.54) is 11.3 Å². The number of carbonyl (C=O) groups excluding carboxylic acids is 1. The van der Waals surface area contributed by atoms with Crippen LogP contribution in [0.25, 0.3) is 0 Å². The Balaban J connectivity index is 2.48. The van der Waals surface area contributed by atoms with Gasteiger partial charge in [0.05, 0.1) is 11.4 Å². The zero-order valence-corrected chi connectivity index (χ0v) is 10.9. The van der Waals surface area contributed by atoms with Crippen LogP contribution in [0.5, 0.6) is 0 Å². The predicted molar refractivity (Wildman–Crippen MR) is 66.9 cm³/mol. The summed E-state index contributed by atoms with van der Waals surface area (Å²) in [7, 11) is 0. The highest BCUT2D eigenvalue weighted by atomic mass is 32.1. The number of hydrogen-bond acceptors (Lipinski definition) is 5. The largest absolute Gasteiger partial charge is 0.444 e. The van der Waals surface area contributed by atoms with Crippen molar-refractivity contribution in [2.24, 2.45) is 5.16 Å². The van der Waals surface area contributed by atoms with Gasteiger partial charge in [-0.25, -0.2) is 4.79 Å². The van der Waals surface area contributed by atoms with Crippen LogP contribution in [0.15, 0.2) is 22.7 Å². The van der Waals surface area contributed by atoms with Gasteiger partial charge in [-0.1, -0.05) is 11.2 Å². The number of nitrogens with zero attached hydrogens (tertiary/aromatic N) is 1. The second-order valence-corrected chi connectivity index (χ2v) is 5.33. The first-order chi connectivity index (χ1) is 7.92. The molecule has 0 spiro atoms. The van der Waals surface area contributed by atoms with Crippen LogP contribution in [0.4, 0.5) is 4.79 Å². The molecule has 0 aliphatic heterocycles. The van der Waals surface area contributed by atoms with Crippen LogP contribution in [0, 0.1) is 0 Å². The van der Waals surface area contributed by atoms with Crippen molar-refractivity contribution in [3.63, 3.8) is 0 Å². The summed E-state index contributed by atoms with van der Waals surface area (Å²) < 4.78 is 5.07. The molecular weight excluding hydrogens is 240 g/mol. The number of carbonyl (C=O) groups is 1. The molecule has 1 amide bonds. The van der Waals surface area contributed by atoms with Gasteiger partial charge in [0.2, 0.25) is 0 Å². The number of hydrogen-bond donors (Lipinski definition) is 2. The molecule has 0 saturated carbocycles. The third-order valence-electron chi connectivity index (χ3n) is 1.73. The van der Waals surface area contributed by atoms with Gasteiger partial charge in [-0.05, 0) is 32.2 Å². The molecule has 1 aromatic heterocycles. The van der Waals surface area contributed by atoms with Gasteiger partial charge < -0.3 is 15.3 Å². The maximum absolute atomic E-state index is 11.4. The summed E-state index contributed by atoms with van der Waals surface area (Å²) in [6.07, 6.45) is -0.532. The van der Waals surface area contributed by atoms with Crippen LogP contribution in [0.2, 0.25) is 0 Å². The maximum atomic E-state index is 11.4. The fraction of sp³-hybridized carbons (Fsp3) is 0.455. The summed E-state index contributed by atoms with van der Waals surface area (Å²) in [5, 5.41) is 16.4. The normalized spacial score (nSPS) is 12.3. The van der Waals surface area contributed by atoms with Crippen molar-refractivity contribution in [3.05, 3.63) is 22.4 Å². The van der Waals surface area contributed by atoms with Gasteiger partial charge in [0, 0.05) is 0 Å². The lowest BCUT2D eigenvalue weighted by molar-refractivity contribution is 0.0536. The quantitative estimate of drug-likeness (QED) is 0.496. The van der Waals surface area contributed by atoms with Crippen LogP contribution in [-0.4, -0.2) is 29.2 Å². The molecule has 0 saturated heterocycles. The molecule has 94 valence electrons. The van der Waals surface area contributed by atoms with E-state index in [1.807, 2.05) is 17.5 Å². The Morgan fingerprint density at radius 1 is 1.59 bits per heavy atom. The number of nitrogens with one attached hydrogen (secondary N) is 1. The van der Waals surface area contributed by atoms with E-state index in [9.17, 15) is 4.79 Å². The minimum absolute atomic E-state index is 0.131. The number of ether oxygens (including phenoxy) is 1. The van der Waals surface area contributed by atoms with Gasteiger partial charge in [-0.2, -0.15) is 0 Å². The molecule has 0 aliphatic rings. The molecule has 1 heterocycles. The Morgan fingerprint density at radius 2 is 2.29 bits per heavy atom. The summed E-state index contributed by atoms with van der Waals surface area (Å²) in [4.78, 5) is 12.2. The number of oxime groups is 1. The van der Waals surface area contributed by atoms with Crippen molar-refractivity contribution >= 4 is 23.1 Å². The molecular formula is C11H16N2O3S. The Hall–Kier alpha value is -1.56. The Kier molecular flexibility index (Phi) is 4.51. The molecule has 0 unspecified atom stereocenters. The van der Waals surface area contributed by atoms with E-state index in [0.29, 0.717) is 5.71 Å². The highest BCUT2D eigenvalue weighted by molar-refractivity contribution is 7.12. The molecule has 1 rings (SSSR count). The molecule has 1 aromatic rings. The minimum atomic E-state index is -0.538. The van der Waals surface area contributed by atoms with E-state index in [1.54, 1.807) is 20.8 Å². The van der Waals surface area contributed by atoms with E-state index in [2.05, 4.69) is 10.5 Å². The molecule has 5 nitrogen and oxygen atoms in total. The number of rotatable bonds is 3. The molecule has 17 heavy (non-hydrogen) atoms. The molecule has 6 heteroatoms. The second-order valence-electron chi connectivity index (χ2n) is 4.38. The average Bonchev–Trinajstić information content (AvgIpc) is 2.69. The van der Waals surface area contributed by atoms with Crippen molar-refractivity contribution < 1.29 is 14.7 Å². The van der Waals surface area contributed by atoms with Gasteiger partial charge in [-0.15, -0.1) is 11.3 Å². The van der Waals surface area contributed by atoms with E-state index in [4.69, 9.17) is 9.94 Å². The molecule has 2 N–H and O–H groups in total. The van der Waals surface area contributed by atoms with Gasteiger partial charge in [0.15, 0.2) is 0 Å². The van der Waals surface area contributed by atoms with Crippen molar-refractivity contribution in [1.82, 2.24) is 5.32 Å². The zero-order chi connectivity index (χ0) is 12.9. The summed E-state index contributed by atoms with van der Waals surface area (Å²) in [6, 6.07) is 3.66. The highest BCUT2D eigenvalue weighted by Gasteiger charge is 2.16. The molecule has 0 bridgehead atoms. The number of thiophene rings is 1. The van der Waals surface area contributed by atoms with Crippen LogP contribution in [0.3, 0.4) is 0 Å². The van der Waals surface area contributed by atoms with Crippen LogP contribution in [-0.2, 0) is 4.74 Å². The Labute approximate surface area is 104 Å². The molecule has 0 atom stereocenters. The maximum Gasteiger partial charge on any atom is 0.407 e. The third-order valence-corrected chi connectivity index (χ3v) is 2.64. The lowest BCUT2D eigenvalue weighted by Crippen LogP contribution is -2.35. The fourth-order valence-corrected chi connectivity index (χ4v) is 1.79. The summed E-state index contributed by atoms with van der Waals surface area (Å²) in [5.41, 5.74) is -0.130. The molecule has 0 fully saturated rings. The zero-order valence-electron chi connectivity index (χ0n) is 10.1. The standard InChI is InChI=1S/C11H16N2O3S/c1-11(2,3)16-10(14)12-7-8(13-15)9-5-4-6-17-9/h4-6,15H,7H2,1-3H3,(H,12,14). The van der Waals surface area contributed by atoms with E-state index in [0.717, 1.165) is 4.88 Å². The van der Waals surface area contributed by atoms with Gasteiger partial charge >= 0.3 is 6.09 Å². The number of alkyl carbamates (subject to hydrolysis) is 1. The van der Waals surface area contributed by atoms with Gasteiger partial charge in [-0.3, -0.25) is 0 Å². The van der Waals surface area contributed by atoms with Crippen molar-refractivity contribution in [2.75, 3.05) is 6.54 Å². The van der Waals surface area contributed by atoms with E-state index >= 15 is 0 Å². The summed E-state index contributed by atoms with van der Waals surface area (Å²) in [6.45, 7) is 5.48. The molecule has 0 radical (unpaired) electrons. The Morgan fingerprint density at radius 3 is 2.76 bits per heavy atom. The first-order valence-corrected chi connectivity index (χ1v) is 6.02. The first kappa shape index (κ1) is 13.5.